The molecule has 1 N–H and O–H groups in total. The summed E-state index contributed by atoms with van der Waals surface area (Å²) in [5.41, 5.74) is 1.34. The Bertz CT molecular complexity index is 926. The summed E-state index contributed by atoms with van der Waals surface area (Å²) >= 11 is 0. The van der Waals surface area contributed by atoms with E-state index in [0.29, 0.717) is 24.7 Å². The Kier molecular flexibility index (Phi) is 5.76. The van der Waals surface area contributed by atoms with Gasteiger partial charge in [-0.1, -0.05) is 42.5 Å². The largest absolute Gasteiger partial charge is 0.338 e. The number of anilines is 2. The van der Waals surface area contributed by atoms with E-state index < -0.39 is 5.82 Å². The summed E-state index contributed by atoms with van der Waals surface area (Å²) in [6.45, 7) is 4.99. The number of amides is 1. The van der Waals surface area contributed by atoms with Crippen LogP contribution in [-0.2, 0) is 0 Å². The van der Waals surface area contributed by atoms with Crippen LogP contribution in [0.3, 0.4) is 0 Å². The molecule has 0 spiro atoms. The predicted octanol–water partition coefficient (Wildman–Crippen LogP) is 4.51. The van der Waals surface area contributed by atoms with Crippen LogP contribution in [0.2, 0.25) is 0 Å². The molecular formula is C21H21FN4O. The molecule has 27 heavy (non-hydrogen) atoms. The first-order valence-electron chi connectivity index (χ1n) is 8.87. The zero-order valence-electron chi connectivity index (χ0n) is 15.3. The van der Waals surface area contributed by atoms with Crippen molar-refractivity contribution in [2.75, 3.05) is 18.4 Å². The predicted molar refractivity (Wildman–Crippen MR) is 104 cm³/mol. The SMILES string of the molecule is CCN(CC)C(=O)c1cc(Nc2ccccc2F)nc(-c2ccccc2)n1. The minimum atomic E-state index is -0.394. The fourth-order valence-electron chi connectivity index (χ4n) is 2.71. The summed E-state index contributed by atoms with van der Waals surface area (Å²) in [7, 11) is 0. The number of benzene rings is 2. The Labute approximate surface area is 157 Å². The average molecular weight is 364 g/mol. The van der Waals surface area contributed by atoms with Crippen LogP contribution in [0.15, 0.2) is 60.7 Å². The number of para-hydroxylation sites is 1. The first-order valence-corrected chi connectivity index (χ1v) is 8.87. The lowest BCUT2D eigenvalue weighted by Gasteiger charge is -2.19. The van der Waals surface area contributed by atoms with Gasteiger partial charge < -0.3 is 10.2 Å². The van der Waals surface area contributed by atoms with Crippen molar-refractivity contribution in [1.82, 2.24) is 14.9 Å². The molecule has 1 amide bonds. The van der Waals surface area contributed by atoms with E-state index in [1.807, 2.05) is 44.2 Å². The molecule has 0 aliphatic carbocycles. The second-order valence-electron chi connectivity index (χ2n) is 5.91. The van der Waals surface area contributed by atoms with Gasteiger partial charge in [0.1, 0.15) is 17.3 Å². The zero-order valence-corrected chi connectivity index (χ0v) is 15.3. The van der Waals surface area contributed by atoms with Crippen LogP contribution < -0.4 is 5.32 Å². The highest BCUT2D eigenvalue weighted by atomic mass is 19.1. The van der Waals surface area contributed by atoms with Gasteiger partial charge in [-0.15, -0.1) is 0 Å². The molecule has 0 unspecified atom stereocenters. The van der Waals surface area contributed by atoms with Crippen molar-refractivity contribution in [2.24, 2.45) is 0 Å². The topological polar surface area (TPSA) is 58.1 Å². The van der Waals surface area contributed by atoms with Crippen LogP contribution in [0.25, 0.3) is 11.4 Å². The number of hydrogen-bond acceptors (Lipinski definition) is 4. The lowest BCUT2D eigenvalue weighted by molar-refractivity contribution is 0.0767. The summed E-state index contributed by atoms with van der Waals surface area (Å²) in [6, 6.07) is 17.3. The van der Waals surface area contributed by atoms with Gasteiger partial charge in [0.25, 0.3) is 5.91 Å². The van der Waals surface area contributed by atoms with Crippen molar-refractivity contribution in [3.8, 4) is 11.4 Å². The number of aromatic nitrogens is 2. The molecule has 1 aromatic heterocycles. The number of nitrogens with one attached hydrogen (secondary N) is 1. The number of carbonyl (C=O) groups is 1. The van der Waals surface area contributed by atoms with E-state index >= 15 is 0 Å². The third-order valence-electron chi connectivity index (χ3n) is 4.16. The van der Waals surface area contributed by atoms with Gasteiger partial charge in [-0.2, -0.15) is 0 Å². The van der Waals surface area contributed by atoms with Crippen LogP contribution >= 0.6 is 0 Å². The zero-order chi connectivity index (χ0) is 19.2. The fourth-order valence-corrected chi connectivity index (χ4v) is 2.71. The van der Waals surface area contributed by atoms with Crippen molar-refractivity contribution in [2.45, 2.75) is 13.8 Å². The van der Waals surface area contributed by atoms with Crippen LogP contribution in [0.4, 0.5) is 15.9 Å². The van der Waals surface area contributed by atoms with Gasteiger partial charge in [0.2, 0.25) is 0 Å². The summed E-state index contributed by atoms with van der Waals surface area (Å²) in [4.78, 5) is 23.4. The summed E-state index contributed by atoms with van der Waals surface area (Å²) in [5, 5.41) is 2.96. The quantitative estimate of drug-likeness (QED) is 0.699. The molecule has 138 valence electrons. The Morgan fingerprint density at radius 3 is 2.33 bits per heavy atom. The maximum Gasteiger partial charge on any atom is 0.272 e. The first-order chi connectivity index (χ1) is 13.1. The molecule has 3 aromatic rings. The van der Waals surface area contributed by atoms with Gasteiger partial charge >= 0.3 is 0 Å². The van der Waals surface area contributed by atoms with E-state index in [0.717, 1.165) is 5.56 Å². The summed E-state index contributed by atoms with van der Waals surface area (Å²) in [6.07, 6.45) is 0. The van der Waals surface area contributed by atoms with Crippen LogP contribution in [0, 0.1) is 5.82 Å². The normalized spacial score (nSPS) is 10.5. The van der Waals surface area contributed by atoms with E-state index in [-0.39, 0.29) is 17.3 Å². The molecule has 0 aliphatic rings. The fraction of sp³-hybridized carbons (Fsp3) is 0.190. The molecule has 0 atom stereocenters. The van der Waals surface area contributed by atoms with Gasteiger partial charge in [0.05, 0.1) is 5.69 Å². The van der Waals surface area contributed by atoms with Gasteiger partial charge in [-0.05, 0) is 26.0 Å². The van der Waals surface area contributed by atoms with Crippen molar-refractivity contribution in [1.29, 1.82) is 0 Å². The van der Waals surface area contributed by atoms with Crippen LogP contribution in [0.5, 0.6) is 0 Å². The van der Waals surface area contributed by atoms with Crippen molar-refractivity contribution in [3.63, 3.8) is 0 Å². The smallest absolute Gasteiger partial charge is 0.272 e. The van der Waals surface area contributed by atoms with E-state index in [2.05, 4.69) is 15.3 Å². The highest BCUT2D eigenvalue weighted by molar-refractivity contribution is 5.93. The van der Waals surface area contributed by atoms with Crippen molar-refractivity contribution in [3.05, 3.63) is 72.2 Å². The highest BCUT2D eigenvalue weighted by Crippen LogP contribution is 2.23. The van der Waals surface area contributed by atoms with Gasteiger partial charge in [0, 0.05) is 24.7 Å². The number of halogens is 1. The third kappa shape index (κ3) is 4.28. The van der Waals surface area contributed by atoms with E-state index in [9.17, 15) is 9.18 Å². The van der Waals surface area contributed by atoms with Crippen molar-refractivity contribution < 1.29 is 9.18 Å². The second-order valence-corrected chi connectivity index (χ2v) is 5.91. The molecule has 1 heterocycles. The van der Waals surface area contributed by atoms with Crippen molar-refractivity contribution >= 4 is 17.4 Å². The standard InChI is InChI=1S/C21H21FN4O/c1-3-26(4-2)21(27)18-14-19(23-17-13-9-8-12-16(17)22)25-20(24-18)15-10-6-5-7-11-15/h5-14H,3-4H2,1-2H3,(H,23,24,25). The highest BCUT2D eigenvalue weighted by Gasteiger charge is 2.18. The minimum Gasteiger partial charge on any atom is -0.338 e. The molecule has 5 nitrogen and oxygen atoms in total. The van der Waals surface area contributed by atoms with E-state index in [1.165, 1.54) is 6.07 Å². The Morgan fingerprint density at radius 2 is 1.67 bits per heavy atom. The maximum absolute atomic E-state index is 14.0. The lowest BCUT2D eigenvalue weighted by atomic mass is 10.2. The molecule has 0 saturated carbocycles. The average Bonchev–Trinajstić information content (AvgIpc) is 2.71. The van der Waals surface area contributed by atoms with Gasteiger partial charge in [-0.3, -0.25) is 4.79 Å². The molecule has 0 fully saturated rings. The molecule has 0 bridgehead atoms. The monoisotopic (exact) mass is 364 g/mol. The molecule has 2 aromatic carbocycles. The Morgan fingerprint density at radius 1 is 1.00 bits per heavy atom. The molecule has 0 aliphatic heterocycles. The molecule has 6 heteroatoms. The number of carbonyl (C=O) groups excluding carboxylic acids is 1. The number of nitrogens with zero attached hydrogens (tertiary/aromatic N) is 3. The van der Waals surface area contributed by atoms with Crippen LogP contribution in [-0.4, -0.2) is 33.9 Å². The Balaban J connectivity index is 2.05. The number of rotatable bonds is 6. The number of hydrogen-bond donors (Lipinski definition) is 1. The molecule has 3 rings (SSSR count). The summed E-state index contributed by atoms with van der Waals surface area (Å²) in [5.74, 6) is 0.196. The van der Waals surface area contributed by atoms with Gasteiger partial charge in [-0.25, -0.2) is 14.4 Å². The minimum absolute atomic E-state index is 0.184. The Hall–Kier alpha value is -3.28. The molecule has 0 radical (unpaired) electrons. The maximum atomic E-state index is 14.0. The molecular weight excluding hydrogens is 343 g/mol. The summed E-state index contributed by atoms with van der Waals surface area (Å²) < 4.78 is 14.0. The third-order valence-corrected chi connectivity index (χ3v) is 4.16. The van der Waals surface area contributed by atoms with Crippen LogP contribution in [0.1, 0.15) is 24.3 Å². The van der Waals surface area contributed by atoms with Gasteiger partial charge in [0.15, 0.2) is 5.82 Å². The second kappa shape index (κ2) is 8.40. The molecule has 0 saturated heterocycles. The van der Waals surface area contributed by atoms with E-state index in [1.54, 1.807) is 29.2 Å². The lowest BCUT2D eigenvalue weighted by Crippen LogP contribution is -2.31. The first kappa shape index (κ1) is 18.5. The van der Waals surface area contributed by atoms with E-state index in [4.69, 9.17) is 0 Å².